The van der Waals surface area contributed by atoms with Crippen LogP contribution in [-0.2, 0) is 4.79 Å². The van der Waals surface area contributed by atoms with Crippen molar-refractivity contribution in [3.8, 4) is 0 Å². The summed E-state index contributed by atoms with van der Waals surface area (Å²) in [4.78, 5) is 13.5. The van der Waals surface area contributed by atoms with Crippen LogP contribution in [0.25, 0.3) is 6.08 Å². The van der Waals surface area contributed by atoms with E-state index >= 15 is 0 Å². The molecule has 4 aliphatic rings. The van der Waals surface area contributed by atoms with E-state index in [1.807, 2.05) is 6.07 Å². The Morgan fingerprint density at radius 3 is 2.71 bits per heavy atom. The number of carbonyl (C=O) groups is 1. The van der Waals surface area contributed by atoms with Gasteiger partial charge in [-0.1, -0.05) is 54.8 Å². The Morgan fingerprint density at radius 2 is 1.89 bits per heavy atom. The van der Waals surface area contributed by atoms with Crippen molar-refractivity contribution in [2.24, 2.45) is 34.5 Å². The third-order valence-electron chi connectivity index (χ3n) is 9.41. The first-order valence-corrected chi connectivity index (χ1v) is 12.2. The summed E-state index contributed by atoms with van der Waals surface area (Å²) < 4.78 is 1.08. The molecule has 28 heavy (non-hydrogen) atoms. The highest BCUT2D eigenvalue weighted by Gasteiger charge is 2.60. The summed E-state index contributed by atoms with van der Waals surface area (Å²) in [5.74, 6) is 3.57. The summed E-state index contributed by atoms with van der Waals surface area (Å²) in [6.07, 6.45) is 14.1. The summed E-state index contributed by atoms with van der Waals surface area (Å²) in [5.41, 5.74) is 2.67. The number of Topliss-reactive ketones (excluding diaryl/α,β-unsaturated/α-hetero) is 1. The second-order valence-electron chi connectivity index (χ2n) is 10.6. The fourth-order valence-electron chi connectivity index (χ4n) is 7.89. The van der Waals surface area contributed by atoms with E-state index in [0.29, 0.717) is 17.1 Å². The summed E-state index contributed by atoms with van der Waals surface area (Å²) in [7, 11) is 0. The molecule has 4 fully saturated rings. The highest BCUT2D eigenvalue weighted by Crippen LogP contribution is 2.66. The number of rotatable bonds is 1. The molecule has 2 heteroatoms. The second kappa shape index (κ2) is 6.83. The molecule has 1 aromatic rings. The van der Waals surface area contributed by atoms with Gasteiger partial charge >= 0.3 is 0 Å². The molecule has 0 spiro atoms. The monoisotopic (exact) mass is 440 g/mol. The van der Waals surface area contributed by atoms with Gasteiger partial charge in [0.05, 0.1) is 0 Å². The molecule has 1 aromatic carbocycles. The number of benzene rings is 1. The number of hydrogen-bond acceptors (Lipinski definition) is 1. The smallest absolute Gasteiger partial charge is 0.165 e. The van der Waals surface area contributed by atoms with Crippen LogP contribution < -0.4 is 0 Å². The van der Waals surface area contributed by atoms with Gasteiger partial charge in [-0.15, -0.1) is 0 Å². The van der Waals surface area contributed by atoms with E-state index in [1.165, 1.54) is 44.9 Å². The molecule has 0 radical (unpaired) electrons. The molecule has 150 valence electrons. The average Bonchev–Trinajstić information content (AvgIpc) is 2.92. The highest BCUT2D eigenvalue weighted by atomic mass is 79.9. The van der Waals surface area contributed by atoms with E-state index in [-0.39, 0.29) is 5.41 Å². The minimum atomic E-state index is -0.114. The van der Waals surface area contributed by atoms with Gasteiger partial charge in [0.1, 0.15) is 0 Å². The third-order valence-corrected chi connectivity index (χ3v) is 9.91. The number of halogens is 1. The summed E-state index contributed by atoms with van der Waals surface area (Å²) in [6.45, 7) is 4.92. The Kier molecular flexibility index (Phi) is 4.66. The topological polar surface area (TPSA) is 17.1 Å². The van der Waals surface area contributed by atoms with Crippen molar-refractivity contribution in [3.05, 3.63) is 39.9 Å². The lowest BCUT2D eigenvalue weighted by Crippen LogP contribution is -2.52. The fraction of sp³-hybridized carbons (Fsp3) is 0.654. The van der Waals surface area contributed by atoms with Crippen LogP contribution >= 0.6 is 15.9 Å². The van der Waals surface area contributed by atoms with E-state index in [4.69, 9.17) is 0 Å². The van der Waals surface area contributed by atoms with Crippen molar-refractivity contribution in [3.63, 3.8) is 0 Å². The molecule has 4 saturated carbocycles. The van der Waals surface area contributed by atoms with Crippen molar-refractivity contribution < 1.29 is 4.79 Å². The largest absolute Gasteiger partial charge is 0.294 e. The number of hydrogen-bond donors (Lipinski definition) is 0. The van der Waals surface area contributed by atoms with Crippen LogP contribution in [0.4, 0.5) is 0 Å². The Hall–Kier alpha value is -0.890. The van der Waals surface area contributed by atoms with Gasteiger partial charge in [-0.25, -0.2) is 0 Å². The van der Waals surface area contributed by atoms with Crippen LogP contribution in [0.2, 0.25) is 0 Å². The minimum Gasteiger partial charge on any atom is -0.294 e. The quantitative estimate of drug-likeness (QED) is 0.414. The lowest BCUT2D eigenvalue weighted by molar-refractivity contribution is -0.137. The van der Waals surface area contributed by atoms with Crippen LogP contribution in [0, 0.1) is 34.5 Å². The fourth-order valence-corrected chi connectivity index (χ4v) is 8.31. The zero-order valence-electron chi connectivity index (χ0n) is 17.3. The van der Waals surface area contributed by atoms with Gasteiger partial charge in [-0.05, 0) is 103 Å². The van der Waals surface area contributed by atoms with Gasteiger partial charge in [0.15, 0.2) is 5.78 Å². The van der Waals surface area contributed by atoms with Crippen molar-refractivity contribution in [1.29, 1.82) is 0 Å². The number of ketones is 1. The Bertz CT molecular complexity index is 825. The first-order valence-electron chi connectivity index (χ1n) is 11.4. The van der Waals surface area contributed by atoms with Gasteiger partial charge in [-0.2, -0.15) is 0 Å². The highest BCUT2D eigenvalue weighted by molar-refractivity contribution is 9.10. The molecule has 0 amide bonds. The molecule has 0 saturated heterocycles. The van der Waals surface area contributed by atoms with Crippen LogP contribution in [-0.4, -0.2) is 5.78 Å². The Morgan fingerprint density at radius 1 is 1.04 bits per heavy atom. The molecule has 5 rings (SSSR count). The molecule has 0 N–H and O–H groups in total. The molecular weight excluding hydrogens is 408 g/mol. The SMILES string of the molecule is C[C@]12CCCC[C@@H]1CC[C@@H]1[C@H]3C/C(=C/c4cccc(Br)c4)C(=O)[C@@]3(C)CC[C@@H]12. The van der Waals surface area contributed by atoms with Crippen LogP contribution in [0.3, 0.4) is 0 Å². The first kappa shape index (κ1) is 19.1. The molecule has 0 bridgehead atoms. The number of allylic oxidation sites excluding steroid dienone is 1. The summed E-state index contributed by atoms with van der Waals surface area (Å²) in [6, 6.07) is 8.35. The summed E-state index contributed by atoms with van der Waals surface area (Å²) >= 11 is 3.57. The van der Waals surface area contributed by atoms with Gasteiger partial charge in [0.25, 0.3) is 0 Å². The maximum Gasteiger partial charge on any atom is 0.165 e. The molecule has 6 atom stereocenters. The summed E-state index contributed by atoms with van der Waals surface area (Å²) in [5, 5.41) is 0. The zero-order valence-corrected chi connectivity index (χ0v) is 18.9. The zero-order chi connectivity index (χ0) is 19.5. The Balaban J connectivity index is 1.46. The molecule has 4 aliphatic carbocycles. The van der Waals surface area contributed by atoms with Crippen molar-refractivity contribution in [1.82, 2.24) is 0 Å². The lowest BCUT2D eigenvalue weighted by Gasteiger charge is -2.59. The predicted octanol–water partition coefficient (Wildman–Crippen LogP) is 7.44. The van der Waals surface area contributed by atoms with Crippen LogP contribution in [0.1, 0.15) is 77.2 Å². The van der Waals surface area contributed by atoms with Crippen molar-refractivity contribution in [2.45, 2.75) is 71.6 Å². The van der Waals surface area contributed by atoms with E-state index in [2.05, 4.69) is 54.1 Å². The van der Waals surface area contributed by atoms with Gasteiger partial charge in [-0.3, -0.25) is 4.79 Å². The van der Waals surface area contributed by atoms with E-state index in [0.717, 1.165) is 46.2 Å². The number of fused-ring (bicyclic) bond motifs is 5. The lowest BCUT2D eigenvalue weighted by atomic mass is 9.45. The predicted molar refractivity (Wildman–Crippen MR) is 119 cm³/mol. The van der Waals surface area contributed by atoms with Gasteiger partial charge < -0.3 is 0 Å². The maximum atomic E-state index is 13.5. The van der Waals surface area contributed by atoms with Crippen molar-refractivity contribution >= 4 is 27.8 Å². The van der Waals surface area contributed by atoms with Crippen molar-refractivity contribution in [2.75, 3.05) is 0 Å². The van der Waals surface area contributed by atoms with Crippen LogP contribution in [0.5, 0.6) is 0 Å². The molecule has 0 aromatic heterocycles. The third kappa shape index (κ3) is 2.81. The number of carbonyl (C=O) groups excluding carboxylic acids is 1. The standard InChI is InChI=1S/C26H33BrO/c1-25-12-4-3-7-19(25)9-10-21-22(25)11-13-26(2)23(21)16-18(24(26)28)14-17-6-5-8-20(27)15-17/h5-6,8,14-15,19,21-23H,3-4,7,9-13,16H2,1-2H3/b18-14-/t19-,21+,22+,23-,25+,26+/m1/s1. The maximum absolute atomic E-state index is 13.5. The molecular formula is C26H33BrO. The minimum absolute atomic E-state index is 0.114. The van der Waals surface area contributed by atoms with E-state index in [1.54, 1.807) is 0 Å². The Labute approximate surface area is 178 Å². The first-order chi connectivity index (χ1) is 13.4. The van der Waals surface area contributed by atoms with Gasteiger partial charge in [0.2, 0.25) is 0 Å². The average molecular weight is 441 g/mol. The van der Waals surface area contributed by atoms with E-state index in [9.17, 15) is 4.79 Å². The molecule has 0 heterocycles. The van der Waals surface area contributed by atoms with E-state index < -0.39 is 0 Å². The molecule has 0 aliphatic heterocycles. The normalized spacial score (nSPS) is 44.1. The van der Waals surface area contributed by atoms with Crippen LogP contribution in [0.15, 0.2) is 34.3 Å². The second-order valence-corrected chi connectivity index (χ2v) is 11.5. The molecule has 0 unspecified atom stereocenters. The van der Waals surface area contributed by atoms with Gasteiger partial charge in [0, 0.05) is 9.89 Å². The molecule has 1 nitrogen and oxygen atoms in total.